The third-order valence-electron chi connectivity index (χ3n) is 4.41. The fourth-order valence-electron chi connectivity index (χ4n) is 2.90. The minimum atomic E-state index is -4.51. The number of carbonyl (C=O) groups is 1. The van der Waals surface area contributed by atoms with Crippen LogP contribution in [0, 0.1) is 0 Å². The Bertz CT molecular complexity index is 1000. The maximum atomic E-state index is 12.9. The van der Waals surface area contributed by atoms with E-state index in [9.17, 15) is 18.0 Å². The summed E-state index contributed by atoms with van der Waals surface area (Å²) in [6, 6.07) is 4.23. The van der Waals surface area contributed by atoms with Crippen molar-refractivity contribution in [2.75, 3.05) is 41.3 Å². The number of nitrogens with one attached hydrogen (secondary N) is 1. The molecule has 30 heavy (non-hydrogen) atoms. The normalized spacial score (nSPS) is 14.6. The standard InChI is InChI=1S/C17H15F3N8OS/c18-17(19,20)12-3-4-21-15(24-12)28-7-5-27(6-8-28)13-2-1-11(9-22-13)14(29)25-16-26-23-10-30-16/h1-4,9-10H,5-8H2,(H,25,26,29). The molecule has 0 saturated carbocycles. The van der Waals surface area contributed by atoms with Gasteiger partial charge in [0.1, 0.15) is 17.0 Å². The quantitative estimate of drug-likeness (QED) is 0.665. The van der Waals surface area contributed by atoms with Crippen LogP contribution in [0.2, 0.25) is 0 Å². The van der Waals surface area contributed by atoms with E-state index in [1.165, 1.54) is 23.0 Å². The van der Waals surface area contributed by atoms with E-state index in [-0.39, 0.29) is 11.9 Å². The smallest absolute Gasteiger partial charge is 0.353 e. The lowest BCUT2D eigenvalue weighted by molar-refractivity contribution is -0.141. The number of aromatic nitrogens is 5. The molecule has 0 radical (unpaired) electrons. The zero-order valence-corrected chi connectivity index (χ0v) is 16.2. The van der Waals surface area contributed by atoms with Crippen LogP contribution in [-0.2, 0) is 6.18 Å². The van der Waals surface area contributed by atoms with E-state index in [1.54, 1.807) is 17.0 Å². The highest BCUT2D eigenvalue weighted by atomic mass is 32.1. The molecule has 0 unspecified atom stereocenters. The Kier molecular flexibility index (Phi) is 5.44. The molecule has 0 aromatic carbocycles. The van der Waals surface area contributed by atoms with E-state index in [1.807, 2.05) is 4.90 Å². The molecular formula is C17H15F3N8OS. The van der Waals surface area contributed by atoms with Crippen LogP contribution < -0.4 is 15.1 Å². The molecule has 3 aromatic rings. The molecular weight excluding hydrogens is 421 g/mol. The van der Waals surface area contributed by atoms with Gasteiger partial charge in [-0.05, 0) is 18.2 Å². The summed E-state index contributed by atoms with van der Waals surface area (Å²) in [5, 5.41) is 10.4. The molecule has 1 aliphatic rings. The van der Waals surface area contributed by atoms with Gasteiger partial charge in [-0.2, -0.15) is 13.2 Å². The molecule has 1 N–H and O–H groups in total. The van der Waals surface area contributed by atoms with Crippen LogP contribution in [0.15, 0.2) is 36.1 Å². The summed E-state index contributed by atoms with van der Waals surface area (Å²) in [5.41, 5.74) is 0.935. The zero-order chi connectivity index (χ0) is 21.1. The summed E-state index contributed by atoms with van der Waals surface area (Å²) >= 11 is 1.21. The van der Waals surface area contributed by atoms with Crippen LogP contribution >= 0.6 is 11.3 Å². The molecule has 4 rings (SSSR count). The Morgan fingerprint density at radius 3 is 2.47 bits per heavy atom. The van der Waals surface area contributed by atoms with E-state index in [0.717, 1.165) is 12.3 Å². The molecule has 0 atom stereocenters. The van der Waals surface area contributed by atoms with Crippen LogP contribution in [-0.4, -0.2) is 57.2 Å². The first-order valence-corrected chi connectivity index (χ1v) is 9.72. The van der Waals surface area contributed by atoms with Crippen LogP contribution in [0.5, 0.6) is 0 Å². The van der Waals surface area contributed by atoms with Crippen LogP contribution in [0.4, 0.5) is 30.1 Å². The Hall–Kier alpha value is -3.35. The highest BCUT2D eigenvalue weighted by Crippen LogP contribution is 2.28. The summed E-state index contributed by atoms with van der Waals surface area (Å²) in [4.78, 5) is 27.8. The Labute approximate surface area is 172 Å². The number of nitrogens with zero attached hydrogens (tertiary/aromatic N) is 7. The highest BCUT2D eigenvalue weighted by molar-refractivity contribution is 7.13. The highest BCUT2D eigenvalue weighted by Gasteiger charge is 2.33. The molecule has 4 heterocycles. The van der Waals surface area contributed by atoms with Gasteiger partial charge in [-0.3, -0.25) is 10.1 Å². The number of pyridine rings is 1. The van der Waals surface area contributed by atoms with Crippen molar-refractivity contribution in [3.8, 4) is 0 Å². The van der Waals surface area contributed by atoms with Gasteiger partial charge in [-0.25, -0.2) is 15.0 Å². The third-order valence-corrected chi connectivity index (χ3v) is 5.02. The van der Waals surface area contributed by atoms with Crippen LogP contribution in [0.1, 0.15) is 16.1 Å². The molecule has 0 spiro atoms. The molecule has 3 aromatic heterocycles. The summed E-state index contributed by atoms with van der Waals surface area (Å²) in [6.07, 6.45) is -1.92. The lowest BCUT2D eigenvalue weighted by Crippen LogP contribution is -2.47. The number of halogens is 3. The monoisotopic (exact) mass is 436 g/mol. The lowest BCUT2D eigenvalue weighted by Gasteiger charge is -2.35. The lowest BCUT2D eigenvalue weighted by atomic mass is 10.2. The van der Waals surface area contributed by atoms with Crippen molar-refractivity contribution in [1.29, 1.82) is 0 Å². The molecule has 0 aliphatic carbocycles. The second kappa shape index (κ2) is 8.18. The summed E-state index contributed by atoms with van der Waals surface area (Å²) in [6.45, 7) is 1.95. The van der Waals surface area contributed by atoms with Crippen LogP contribution in [0.25, 0.3) is 0 Å². The average Bonchev–Trinajstić information content (AvgIpc) is 3.26. The van der Waals surface area contributed by atoms with Gasteiger partial charge >= 0.3 is 6.18 Å². The zero-order valence-electron chi connectivity index (χ0n) is 15.4. The van der Waals surface area contributed by atoms with Gasteiger partial charge in [0.05, 0.1) is 5.56 Å². The molecule has 1 amide bonds. The minimum absolute atomic E-state index is 0.0566. The number of carbonyl (C=O) groups excluding carboxylic acids is 1. The van der Waals surface area contributed by atoms with E-state index in [0.29, 0.717) is 42.7 Å². The van der Waals surface area contributed by atoms with E-state index in [4.69, 9.17) is 0 Å². The Morgan fingerprint density at radius 1 is 1.07 bits per heavy atom. The molecule has 1 fully saturated rings. The van der Waals surface area contributed by atoms with E-state index < -0.39 is 11.9 Å². The largest absolute Gasteiger partial charge is 0.433 e. The number of alkyl halides is 3. The van der Waals surface area contributed by atoms with Crippen LogP contribution in [0.3, 0.4) is 0 Å². The maximum Gasteiger partial charge on any atom is 0.433 e. The second-order valence-electron chi connectivity index (χ2n) is 6.32. The van der Waals surface area contributed by atoms with Crippen molar-refractivity contribution in [2.45, 2.75) is 6.18 Å². The minimum Gasteiger partial charge on any atom is -0.353 e. The van der Waals surface area contributed by atoms with Crippen molar-refractivity contribution in [3.05, 3.63) is 47.4 Å². The third kappa shape index (κ3) is 4.45. The van der Waals surface area contributed by atoms with E-state index >= 15 is 0 Å². The predicted octanol–water partition coefficient (Wildman–Crippen LogP) is 2.32. The van der Waals surface area contributed by atoms with Gasteiger partial charge in [0.25, 0.3) is 5.91 Å². The fourth-order valence-corrected chi connectivity index (χ4v) is 3.34. The van der Waals surface area contributed by atoms with Crippen molar-refractivity contribution < 1.29 is 18.0 Å². The fraction of sp³-hybridized carbons (Fsp3) is 0.294. The number of piperazine rings is 1. The van der Waals surface area contributed by atoms with Crippen molar-refractivity contribution >= 4 is 34.1 Å². The molecule has 0 bridgehead atoms. The number of anilines is 3. The van der Waals surface area contributed by atoms with Crippen molar-refractivity contribution in [3.63, 3.8) is 0 Å². The van der Waals surface area contributed by atoms with E-state index in [2.05, 4.69) is 30.5 Å². The molecule has 1 aliphatic heterocycles. The average molecular weight is 436 g/mol. The second-order valence-corrected chi connectivity index (χ2v) is 7.15. The summed E-state index contributed by atoms with van der Waals surface area (Å²) < 4.78 is 38.6. The van der Waals surface area contributed by atoms with Gasteiger partial charge < -0.3 is 9.80 Å². The number of hydrogen-bond donors (Lipinski definition) is 1. The number of rotatable bonds is 4. The van der Waals surface area contributed by atoms with Crippen molar-refractivity contribution in [1.82, 2.24) is 25.1 Å². The Balaban J connectivity index is 1.37. The van der Waals surface area contributed by atoms with Gasteiger partial charge in [0.2, 0.25) is 11.1 Å². The van der Waals surface area contributed by atoms with Gasteiger partial charge in [0.15, 0.2) is 0 Å². The maximum absolute atomic E-state index is 12.9. The first kappa shape index (κ1) is 19.9. The molecule has 1 saturated heterocycles. The van der Waals surface area contributed by atoms with Gasteiger partial charge in [0, 0.05) is 38.6 Å². The SMILES string of the molecule is O=C(Nc1nncs1)c1ccc(N2CCN(c3nccc(C(F)(F)F)n3)CC2)nc1. The summed E-state index contributed by atoms with van der Waals surface area (Å²) in [7, 11) is 0. The molecule has 156 valence electrons. The molecule has 13 heteroatoms. The van der Waals surface area contributed by atoms with Crippen molar-refractivity contribution in [2.24, 2.45) is 0 Å². The van der Waals surface area contributed by atoms with Gasteiger partial charge in [-0.15, -0.1) is 10.2 Å². The number of amides is 1. The summed E-state index contributed by atoms with van der Waals surface area (Å²) in [5.74, 6) is 0.394. The first-order valence-electron chi connectivity index (χ1n) is 8.84. The molecule has 9 nitrogen and oxygen atoms in total. The Morgan fingerprint density at radius 2 is 1.83 bits per heavy atom. The first-order chi connectivity index (χ1) is 14.4. The van der Waals surface area contributed by atoms with Gasteiger partial charge in [-0.1, -0.05) is 11.3 Å². The number of hydrogen-bond acceptors (Lipinski definition) is 9. The predicted molar refractivity (Wildman–Crippen MR) is 104 cm³/mol. The topological polar surface area (TPSA) is 100 Å².